The Labute approximate surface area is 122 Å². The molecule has 1 aromatic heterocycles. The van der Waals surface area contributed by atoms with Crippen molar-refractivity contribution in [2.75, 3.05) is 20.2 Å². The molecule has 2 rings (SSSR count). The number of rotatable bonds is 6. The van der Waals surface area contributed by atoms with E-state index in [-0.39, 0.29) is 18.3 Å². The van der Waals surface area contributed by atoms with Gasteiger partial charge >= 0.3 is 0 Å². The van der Waals surface area contributed by atoms with Crippen molar-refractivity contribution in [2.45, 2.75) is 13.0 Å². The molecular formula is C14H17FN4O2. The molecule has 2 aromatic rings. The highest BCUT2D eigenvalue weighted by molar-refractivity contribution is 5.79. The summed E-state index contributed by atoms with van der Waals surface area (Å²) in [6, 6.07) is 5.73. The third-order valence-corrected chi connectivity index (χ3v) is 3.09. The smallest absolute Gasteiger partial charge is 0.247 e. The first-order valence-electron chi connectivity index (χ1n) is 6.56. The fourth-order valence-electron chi connectivity index (χ4n) is 1.81. The summed E-state index contributed by atoms with van der Waals surface area (Å²) >= 11 is 0. The quantitative estimate of drug-likeness (QED) is 0.810. The number of likely N-dealkylation sites (N-methyl/N-ethyl adjacent to an activating group) is 1. The van der Waals surface area contributed by atoms with E-state index in [2.05, 4.69) is 10.1 Å². The first kappa shape index (κ1) is 15.0. The average molecular weight is 292 g/mol. The highest BCUT2D eigenvalue weighted by Gasteiger charge is 2.19. The van der Waals surface area contributed by atoms with Crippen LogP contribution in [0.5, 0.6) is 5.75 Å². The summed E-state index contributed by atoms with van der Waals surface area (Å²) in [5.74, 6) is -0.345. The predicted octanol–water partition coefficient (Wildman–Crippen LogP) is 1.52. The summed E-state index contributed by atoms with van der Waals surface area (Å²) in [6.45, 7) is 2.31. The molecule has 0 radical (unpaired) electrons. The van der Waals surface area contributed by atoms with Gasteiger partial charge in [0.15, 0.2) is 11.6 Å². The van der Waals surface area contributed by atoms with Crippen molar-refractivity contribution in [1.29, 1.82) is 0 Å². The molecule has 1 amide bonds. The lowest BCUT2D eigenvalue weighted by Crippen LogP contribution is -2.36. The van der Waals surface area contributed by atoms with Crippen LogP contribution in [0.3, 0.4) is 0 Å². The summed E-state index contributed by atoms with van der Waals surface area (Å²) in [6.07, 6.45) is 2.87. The van der Waals surface area contributed by atoms with Crippen LogP contribution in [-0.2, 0) is 4.79 Å². The molecule has 0 saturated carbocycles. The predicted molar refractivity (Wildman–Crippen MR) is 74.3 cm³/mol. The molecule has 0 aliphatic heterocycles. The second kappa shape index (κ2) is 6.83. The van der Waals surface area contributed by atoms with Crippen LogP contribution in [-0.4, -0.2) is 45.8 Å². The Morgan fingerprint density at radius 3 is 2.90 bits per heavy atom. The lowest BCUT2D eigenvalue weighted by atomic mass is 10.3. The molecule has 1 unspecified atom stereocenters. The molecule has 1 heterocycles. The van der Waals surface area contributed by atoms with Gasteiger partial charge in [0.2, 0.25) is 5.91 Å². The molecule has 0 saturated heterocycles. The molecule has 0 spiro atoms. The van der Waals surface area contributed by atoms with Crippen LogP contribution in [0.15, 0.2) is 36.9 Å². The molecule has 0 aliphatic carbocycles. The Morgan fingerprint density at radius 1 is 1.48 bits per heavy atom. The van der Waals surface area contributed by atoms with E-state index in [4.69, 9.17) is 4.74 Å². The Bertz CT molecular complexity index is 588. The van der Waals surface area contributed by atoms with Crippen LogP contribution in [0.4, 0.5) is 4.39 Å². The fourth-order valence-corrected chi connectivity index (χ4v) is 1.81. The molecule has 112 valence electrons. The van der Waals surface area contributed by atoms with Crippen LogP contribution in [0.1, 0.15) is 13.0 Å². The van der Waals surface area contributed by atoms with Crippen molar-refractivity contribution < 1.29 is 13.9 Å². The second-order valence-electron chi connectivity index (χ2n) is 4.59. The lowest BCUT2D eigenvalue weighted by molar-refractivity contribution is -0.133. The minimum atomic E-state index is -0.439. The number of carbonyl (C=O) groups excluding carboxylic acids is 1. The monoisotopic (exact) mass is 292 g/mol. The molecule has 1 atom stereocenters. The summed E-state index contributed by atoms with van der Waals surface area (Å²) in [5.41, 5.74) is 0. The van der Waals surface area contributed by atoms with Crippen LogP contribution in [0.25, 0.3) is 0 Å². The van der Waals surface area contributed by atoms with Crippen molar-refractivity contribution in [3.05, 3.63) is 42.7 Å². The Balaban J connectivity index is 1.83. The van der Waals surface area contributed by atoms with Crippen molar-refractivity contribution in [2.24, 2.45) is 0 Å². The van der Waals surface area contributed by atoms with Gasteiger partial charge in [-0.15, -0.1) is 0 Å². The van der Waals surface area contributed by atoms with Crippen LogP contribution >= 0.6 is 0 Å². The van der Waals surface area contributed by atoms with Gasteiger partial charge in [0.25, 0.3) is 0 Å². The maximum absolute atomic E-state index is 13.4. The summed E-state index contributed by atoms with van der Waals surface area (Å²) in [5, 5.41) is 3.94. The molecular weight excluding hydrogens is 275 g/mol. The van der Waals surface area contributed by atoms with E-state index in [1.807, 2.05) is 0 Å². The molecule has 1 aromatic carbocycles. The Morgan fingerprint density at radius 2 is 2.24 bits per heavy atom. The summed E-state index contributed by atoms with van der Waals surface area (Å²) < 4.78 is 20.2. The molecule has 0 aliphatic rings. The molecule has 0 bridgehead atoms. The largest absolute Gasteiger partial charge is 0.489 e. The van der Waals surface area contributed by atoms with Crippen LogP contribution in [0.2, 0.25) is 0 Å². The number of nitrogens with zero attached hydrogens (tertiary/aromatic N) is 4. The number of halogens is 1. The van der Waals surface area contributed by atoms with Gasteiger partial charge < -0.3 is 9.64 Å². The lowest BCUT2D eigenvalue weighted by Gasteiger charge is -2.21. The minimum absolute atomic E-state index is 0.113. The van der Waals surface area contributed by atoms with Gasteiger partial charge in [0.1, 0.15) is 25.3 Å². The van der Waals surface area contributed by atoms with E-state index in [1.165, 1.54) is 28.3 Å². The maximum Gasteiger partial charge on any atom is 0.247 e. The number of hydrogen-bond acceptors (Lipinski definition) is 4. The van der Waals surface area contributed by atoms with Crippen molar-refractivity contribution in [3.63, 3.8) is 0 Å². The number of ether oxygens (including phenoxy) is 1. The van der Waals surface area contributed by atoms with E-state index < -0.39 is 11.9 Å². The zero-order valence-corrected chi connectivity index (χ0v) is 11.9. The van der Waals surface area contributed by atoms with Gasteiger partial charge in [-0.05, 0) is 19.1 Å². The highest BCUT2D eigenvalue weighted by Crippen LogP contribution is 2.15. The van der Waals surface area contributed by atoms with Crippen LogP contribution < -0.4 is 4.74 Å². The average Bonchev–Trinajstić information content (AvgIpc) is 3.01. The second-order valence-corrected chi connectivity index (χ2v) is 4.59. The number of benzene rings is 1. The normalized spacial score (nSPS) is 12.0. The fraction of sp³-hybridized carbons (Fsp3) is 0.357. The maximum atomic E-state index is 13.4. The molecule has 0 N–H and O–H groups in total. The van der Waals surface area contributed by atoms with Gasteiger partial charge in [-0.2, -0.15) is 5.10 Å². The molecule has 6 nitrogen and oxygen atoms in total. The number of amides is 1. The zero-order valence-electron chi connectivity index (χ0n) is 11.9. The van der Waals surface area contributed by atoms with Crippen molar-refractivity contribution >= 4 is 5.91 Å². The standard InChI is InChI=1S/C14H17FN4O2/c1-11(19-10-16-9-17-19)14(20)18(2)7-8-21-13-6-4-3-5-12(13)15/h3-6,9-11H,7-8H2,1-2H3. The third kappa shape index (κ3) is 3.77. The van der Waals surface area contributed by atoms with E-state index >= 15 is 0 Å². The molecule has 21 heavy (non-hydrogen) atoms. The highest BCUT2D eigenvalue weighted by atomic mass is 19.1. The van der Waals surface area contributed by atoms with Gasteiger partial charge in [-0.3, -0.25) is 4.79 Å². The number of hydrogen-bond donors (Lipinski definition) is 0. The zero-order chi connectivity index (χ0) is 15.2. The van der Waals surface area contributed by atoms with E-state index in [1.54, 1.807) is 32.2 Å². The van der Waals surface area contributed by atoms with Gasteiger partial charge in [-0.1, -0.05) is 12.1 Å². The van der Waals surface area contributed by atoms with E-state index in [9.17, 15) is 9.18 Å². The SMILES string of the molecule is CC(C(=O)N(C)CCOc1ccccc1F)n1cncn1. The number of para-hydroxylation sites is 1. The van der Waals surface area contributed by atoms with Crippen LogP contribution in [0, 0.1) is 5.82 Å². The molecule has 7 heteroatoms. The van der Waals surface area contributed by atoms with Gasteiger partial charge in [0.05, 0.1) is 6.54 Å². The minimum Gasteiger partial charge on any atom is -0.489 e. The molecule has 0 fully saturated rings. The van der Waals surface area contributed by atoms with E-state index in [0.29, 0.717) is 6.54 Å². The number of carbonyl (C=O) groups is 1. The van der Waals surface area contributed by atoms with Crippen molar-refractivity contribution in [1.82, 2.24) is 19.7 Å². The Kier molecular flexibility index (Phi) is 4.86. The van der Waals surface area contributed by atoms with Crippen molar-refractivity contribution in [3.8, 4) is 5.75 Å². The summed E-state index contributed by atoms with van der Waals surface area (Å²) in [7, 11) is 1.67. The third-order valence-electron chi connectivity index (χ3n) is 3.09. The van der Waals surface area contributed by atoms with E-state index in [0.717, 1.165) is 0 Å². The van der Waals surface area contributed by atoms with Gasteiger partial charge in [0, 0.05) is 7.05 Å². The first-order chi connectivity index (χ1) is 10.1. The summed E-state index contributed by atoms with van der Waals surface area (Å²) in [4.78, 5) is 17.5. The van der Waals surface area contributed by atoms with Gasteiger partial charge in [-0.25, -0.2) is 14.1 Å². The number of aromatic nitrogens is 3. The Hall–Kier alpha value is -2.44. The first-order valence-corrected chi connectivity index (χ1v) is 6.56. The topological polar surface area (TPSA) is 60.2 Å².